The van der Waals surface area contributed by atoms with Gasteiger partial charge >= 0.3 is 0 Å². The van der Waals surface area contributed by atoms with E-state index in [0.717, 1.165) is 25.8 Å². The molecule has 1 unspecified atom stereocenters. The molecule has 114 valence electrons. The highest BCUT2D eigenvalue weighted by Crippen LogP contribution is 2.35. The van der Waals surface area contributed by atoms with E-state index in [1.165, 1.54) is 57.8 Å². The van der Waals surface area contributed by atoms with E-state index >= 15 is 0 Å². The van der Waals surface area contributed by atoms with Gasteiger partial charge in [0.2, 0.25) is 5.91 Å². The van der Waals surface area contributed by atoms with E-state index < -0.39 is 0 Å². The molecular formula is C17H30N2O. The molecule has 3 aliphatic rings. The quantitative estimate of drug-likeness (QED) is 0.832. The fourth-order valence-corrected chi connectivity index (χ4v) is 4.65. The first-order valence-electron chi connectivity index (χ1n) is 8.80. The van der Waals surface area contributed by atoms with Gasteiger partial charge in [0.1, 0.15) is 0 Å². The molecule has 3 heteroatoms. The lowest BCUT2D eigenvalue weighted by Crippen LogP contribution is -2.57. The van der Waals surface area contributed by atoms with Crippen LogP contribution in [0.4, 0.5) is 0 Å². The van der Waals surface area contributed by atoms with Gasteiger partial charge in [-0.25, -0.2) is 0 Å². The topological polar surface area (TPSA) is 41.1 Å². The maximum Gasteiger partial charge on any atom is 0.220 e. The Morgan fingerprint density at radius 3 is 2.55 bits per heavy atom. The second-order valence-corrected chi connectivity index (χ2v) is 7.38. The maximum atomic E-state index is 12.2. The van der Waals surface area contributed by atoms with Gasteiger partial charge in [-0.1, -0.05) is 32.1 Å². The van der Waals surface area contributed by atoms with Gasteiger partial charge in [-0.15, -0.1) is 0 Å². The van der Waals surface area contributed by atoms with Gasteiger partial charge in [0, 0.05) is 18.0 Å². The third-order valence-corrected chi connectivity index (χ3v) is 5.75. The number of hydrogen-bond acceptors (Lipinski definition) is 2. The second kappa shape index (κ2) is 6.46. The van der Waals surface area contributed by atoms with Crippen LogP contribution in [-0.4, -0.2) is 24.0 Å². The smallest absolute Gasteiger partial charge is 0.220 e. The summed E-state index contributed by atoms with van der Waals surface area (Å²) in [5.74, 6) is 0.982. The molecule has 3 fully saturated rings. The molecule has 3 nitrogen and oxygen atoms in total. The highest BCUT2D eigenvalue weighted by molar-refractivity contribution is 5.76. The van der Waals surface area contributed by atoms with Crippen molar-refractivity contribution in [2.75, 3.05) is 6.54 Å². The SMILES string of the molecule is O=C(CC1CCCC1)NC1CCNC2(CCCCC2)C1. The first-order valence-corrected chi connectivity index (χ1v) is 8.80. The fourth-order valence-electron chi connectivity index (χ4n) is 4.65. The molecule has 0 aromatic carbocycles. The summed E-state index contributed by atoms with van der Waals surface area (Å²) in [6.07, 6.45) is 15.0. The van der Waals surface area contributed by atoms with Gasteiger partial charge in [-0.05, 0) is 51.0 Å². The van der Waals surface area contributed by atoms with Crippen molar-refractivity contribution >= 4 is 5.91 Å². The molecule has 0 aromatic rings. The molecule has 2 saturated carbocycles. The zero-order chi connectivity index (χ0) is 13.8. The van der Waals surface area contributed by atoms with Crippen LogP contribution in [0.1, 0.15) is 77.0 Å². The molecule has 1 atom stereocenters. The van der Waals surface area contributed by atoms with Crippen molar-refractivity contribution in [3.8, 4) is 0 Å². The summed E-state index contributed by atoms with van der Waals surface area (Å²) in [5.41, 5.74) is 0.349. The van der Waals surface area contributed by atoms with Gasteiger partial charge in [-0.2, -0.15) is 0 Å². The first-order chi connectivity index (χ1) is 9.76. The summed E-state index contributed by atoms with van der Waals surface area (Å²) < 4.78 is 0. The number of nitrogens with one attached hydrogen (secondary N) is 2. The van der Waals surface area contributed by atoms with Crippen molar-refractivity contribution in [2.45, 2.75) is 88.6 Å². The van der Waals surface area contributed by atoms with Crippen LogP contribution in [0.3, 0.4) is 0 Å². The molecule has 0 aromatic heterocycles. The highest BCUT2D eigenvalue weighted by Gasteiger charge is 2.37. The molecular weight excluding hydrogens is 248 g/mol. The lowest BCUT2D eigenvalue weighted by Gasteiger charge is -2.44. The van der Waals surface area contributed by atoms with Crippen LogP contribution in [-0.2, 0) is 4.79 Å². The van der Waals surface area contributed by atoms with E-state index in [2.05, 4.69) is 10.6 Å². The molecule has 0 radical (unpaired) electrons. The Balaban J connectivity index is 1.48. The van der Waals surface area contributed by atoms with Crippen molar-refractivity contribution in [1.82, 2.24) is 10.6 Å². The highest BCUT2D eigenvalue weighted by atomic mass is 16.1. The molecule has 1 spiro atoms. The normalized spacial score (nSPS) is 30.5. The van der Waals surface area contributed by atoms with E-state index in [-0.39, 0.29) is 0 Å². The Labute approximate surface area is 123 Å². The number of rotatable bonds is 3. The van der Waals surface area contributed by atoms with Crippen molar-refractivity contribution in [1.29, 1.82) is 0 Å². The minimum absolute atomic E-state index is 0.315. The van der Waals surface area contributed by atoms with Gasteiger partial charge in [0.05, 0.1) is 0 Å². The lowest BCUT2D eigenvalue weighted by molar-refractivity contribution is -0.123. The predicted octanol–water partition coefficient (Wildman–Crippen LogP) is 3.14. The Hall–Kier alpha value is -0.570. The van der Waals surface area contributed by atoms with Gasteiger partial charge < -0.3 is 10.6 Å². The number of carbonyl (C=O) groups excluding carboxylic acids is 1. The predicted molar refractivity (Wildman–Crippen MR) is 81.6 cm³/mol. The molecule has 1 heterocycles. The summed E-state index contributed by atoms with van der Waals surface area (Å²) in [4.78, 5) is 12.2. The average Bonchev–Trinajstić information content (AvgIpc) is 2.92. The zero-order valence-corrected chi connectivity index (χ0v) is 12.8. The largest absolute Gasteiger partial charge is 0.353 e. The number of carbonyl (C=O) groups is 1. The summed E-state index contributed by atoms with van der Waals surface area (Å²) >= 11 is 0. The molecule has 2 aliphatic carbocycles. The third kappa shape index (κ3) is 3.55. The molecule has 1 aliphatic heterocycles. The number of piperidine rings is 1. The Morgan fingerprint density at radius 2 is 1.80 bits per heavy atom. The minimum Gasteiger partial charge on any atom is -0.353 e. The number of amides is 1. The first kappa shape index (κ1) is 14.4. The van der Waals surface area contributed by atoms with Crippen LogP contribution in [0.15, 0.2) is 0 Å². The van der Waals surface area contributed by atoms with Crippen LogP contribution in [0, 0.1) is 5.92 Å². The zero-order valence-electron chi connectivity index (χ0n) is 12.8. The van der Waals surface area contributed by atoms with Crippen LogP contribution in [0.5, 0.6) is 0 Å². The van der Waals surface area contributed by atoms with E-state index in [9.17, 15) is 4.79 Å². The van der Waals surface area contributed by atoms with Gasteiger partial charge in [0.15, 0.2) is 0 Å². The molecule has 1 amide bonds. The molecule has 0 bridgehead atoms. The van der Waals surface area contributed by atoms with Crippen molar-refractivity contribution in [2.24, 2.45) is 5.92 Å². The Kier molecular flexibility index (Phi) is 4.65. The standard InChI is InChI=1S/C17H30N2O/c20-16(12-14-6-2-3-7-14)19-15-8-11-18-17(13-15)9-4-1-5-10-17/h14-15,18H,1-13H2,(H,19,20). The van der Waals surface area contributed by atoms with Crippen molar-refractivity contribution in [3.05, 3.63) is 0 Å². The summed E-state index contributed by atoms with van der Waals surface area (Å²) in [5, 5.41) is 7.10. The van der Waals surface area contributed by atoms with Crippen molar-refractivity contribution in [3.63, 3.8) is 0 Å². The fraction of sp³-hybridized carbons (Fsp3) is 0.941. The van der Waals surface area contributed by atoms with E-state index in [0.29, 0.717) is 23.4 Å². The molecule has 1 saturated heterocycles. The number of hydrogen-bond donors (Lipinski definition) is 2. The van der Waals surface area contributed by atoms with Crippen molar-refractivity contribution < 1.29 is 4.79 Å². The van der Waals surface area contributed by atoms with Gasteiger partial charge in [-0.3, -0.25) is 4.79 Å². The van der Waals surface area contributed by atoms with E-state index in [1.54, 1.807) is 0 Å². The van der Waals surface area contributed by atoms with Crippen LogP contribution in [0.25, 0.3) is 0 Å². The summed E-state index contributed by atoms with van der Waals surface area (Å²) in [6.45, 7) is 1.08. The average molecular weight is 278 g/mol. The third-order valence-electron chi connectivity index (χ3n) is 5.75. The van der Waals surface area contributed by atoms with Gasteiger partial charge in [0.25, 0.3) is 0 Å². The summed E-state index contributed by atoms with van der Waals surface area (Å²) in [6, 6.07) is 0.420. The molecule has 20 heavy (non-hydrogen) atoms. The summed E-state index contributed by atoms with van der Waals surface area (Å²) in [7, 11) is 0. The molecule has 3 rings (SSSR count). The Morgan fingerprint density at radius 1 is 1.05 bits per heavy atom. The Bertz CT molecular complexity index is 324. The monoisotopic (exact) mass is 278 g/mol. The lowest BCUT2D eigenvalue weighted by atomic mass is 9.75. The van der Waals surface area contributed by atoms with Crippen LogP contribution in [0.2, 0.25) is 0 Å². The second-order valence-electron chi connectivity index (χ2n) is 7.38. The van der Waals surface area contributed by atoms with E-state index in [4.69, 9.17) is 0 Å². The van der Waals surface area contributed by atoms with Crippen LogP contribution < -0.4 is 10.6 Å². The maximum absolute atomic E-state index is 12.2. The minimum atomic E-state index is 0.315. The van der Waals surface area contributed by atoms with E-state index in [1.807, 2.05) is 0 Å². The molecule has 2 N–H and O–H groups in total. The van der Waals surface area contributed by atoms with Crippen LogP contribution >= 0.6 is 0 Å².